The van der Waals surface area contributed by atoms with Crippen LogP contribution in [0.5, 0.6) is 0 Å². The molecule has 1 fully saturated rings. The lowest BCUT2D eigenvalue weighted by molar-refractivity contribution is 0.157. The molecule has 4 heteroatoms. The number of hydrogen-bond donors (Lipinski definition) is 1. The molecular weight excluding hydrogens is 224 g/mol. The minimum Gasteiger partial charge on any atom is -0.309 e. The number of piperidine rings is 1. The molecule has 1 rings (SSSR count). The van der Waals surface area contributed by atoms with Crippen molar-refractivity contribution in [2.75, 3.05) is 46.8 Å². The van der Waals surface area contributed by atoms with Gasteiger partial charge in [-0.2, -0.15) is 5.26 Å². The van der Waals surface area contributed by atoms with Crippen molar-refractivity contribution in [3.63, 3.8) is 0 Å². The topological polar surface area (TPSA) is 42.3 Å². The van der Waals surface area contributed by atoms with Gasteiger partial charge in [0.05, 0.1) is 6.07 Å². The van der Waals surface area contributed by atoms with Crippen LogP contribution in [0.4, 0.5) is 0 Å². The lowest BCUT2D eigenvalue weighted by Gasteiger charge is -2.34. The first-order valence-electron chi connectivity index (χ1n) is 7.15. The summed E-state index contributed by atoms with van der Waals surface area (Å²) in [6.45, 7) is 7.44. The zero-order valence-electron chi connectivity index (χ0n) is 12.2. The quantitative estimate of drug-likeness (QED) is 0.738. The van der Waals surface area contributed by atoms with Gasteiger partial charge in [-0.15, -0.1) is 0 Å². The Morgan fingerprint density at radius 2 is 2.06 bits per heavy atom. The summed E-state index contributed by atoms with van der Waals surface area (Å²) in [6.07, 6.45) is 3.62. The van der Waals surface area contributed by atoms with Crippen LogP contribution in [0.2, 0.25) is 0 Å². The summed E-state index contributed by atoms with van der Waals surface area (Å²) in [4.78, 5) is 4.71. The van der Waals surface area contributed by atoms with Gasteiger partial charge in [0.15, 0.2) is 0 Å². The highest BCUT2D eigenvalue weighted by atomic mass is 15.2. The first-order valence-corrected chi connectivity index (χ1v) is 7.15. The summed E-state index contributed by atoms with van der Waals surface area (Å²) in [7, 11) is 4.29. The molecule has 4 nitrogen and oxygen atoms in total. The fourth-order valence-electron chi connectivity index (χ4n) is 2.60. The van der Waals surface area contributed by atoms with Gasteiger partial charge in [0.25, 0.3) is 0 Å². The van der Waals surface area contributed by atoms with E-state index < -0.39 is 0 Å². The third kappa shape index (κ3) is 5.81. The van der Waals surface area contributed by atoms with Crippen LogP contribution in [0, 0.1) is 17.2 Å². The normalized spacial score (nSPS) is 19.9. The van der Waals surface area contributed by atoms with Gasteiger partial charge in [-0.3, -0.25) is 0 Å². The van der Waals surface area contributed by atoms with Crippen molar-refractivity contribution in [2.24, 2.45) is 5.92 Å². The van der Waals surface area contributed by atoms with Gasteiger partial charge >= 0.3 is 0 Å². The molecule has 1 aliphatic rings. The van der Waals surface area contributed by atoms with Crippen LogP contribution in [0.3, 0.4) is 0 Å². The highest BCUT2D eigenvalue weighted by Crippen LogP contribution is 2.17. The van der Waals surface area contributed by atoms with Crippen molar-refractivity contribution in [3.05, 3.63) is 0 Å². The monoisotopic (exact) mass is 252 g/mol. The van der Waals surface area contributed by atoms with Crippen molar-refractivity contribution in [1.82, 2.24) is 15.1 Å². The molecule has 0 aromatic rings. The molecule has 104 valence electrons. The van der Waals surface area contributed by atoms with Crippen LogP contribution in [0.1, 0.15) is 26.2 Å². The zero-order chi connectivity index (χ0) is 13.4. The number of nitrogens with one attached hydrogen (secondary N) is 1. The smallest absolute Gasteiger partial charge is 0.108 e. The molecule has 1 aliphatic heterocycles. The molecule has 1 N–H and O–H groups in total. The molecule has 0 bridgehead atoms. The van der Waals surface area contributed by atoms with Crippen LogP contribution in [-0.2, 0) is 0 Å². The van der Waals surface area contributed by atoms with E-state index in [-0.39, 0.29) is 6.04 Å². The van der Waals surface area contributed by atoms with E-state index in [0.717, 1.165) is 38.5 Å². The van der Waals surface area contributed by atoms with E-state index in [0.29, 0.717) is 0 Å². The van der Waals surface area contributed by atoms with E-state index in [2.05, 4.69) is 42.2 Å². The van der Waals surface area contributed by atoms with Crippen molar-refractivity contribution < 1.29 is 0 Å². The Kier molecular flexibility index (Phi) is 7.26. The molecular formula is C14H28N4. The standard InChI is InChI=1S/C14H28N4/c1-4-7-16-14(10-15)12-18-8-5-13(6-9-18)11-17(2)3/h13-14,16H,4-9,11-12H2,1-3H3. The minimum absolute atomic E-state index is 0.00431. The van der Waals surface area contributed by atoms with E-state index in [9.17, 15) is 0 Å². The second kappa shape index (κ2) is 8.47. The Morgan fingerprint density at radius 3 is 2.56 bits per heavy atom. The van der Waals surface area contributed by atoms with E-state index in [4.69, 9.17) is 5.26 Å². The molecule has 1 unspecified atom stereocenters. The fraction of sp³-hybridized carbons (Fsp3) is 0.929. The van der Waals surface area contributed by atoms with Crippen LogP contribution in [0.25, 0.3) is 0 Å². The largest absolute Gasteiger partial charge is 0.309 e. The summed E-state index contributed by atoms with van der Waals surface area (Å²) in [5, 5.41) is 12.4. The summed E-state index contributed by atoms with van der Waals surface area (Å²) in [6, 6.07) is 2.36. The molecule has 0 spiro atoms. The van der Waals surface area contributed by atoms with Crippen molar-refractivity contribution in [3.8, 4) is 6.07 Å². The Morgan fingerprint density at radius 1 is 1.39 bits per heavy atom. The molecule has 0 saturated carbocycles. The van der Waals surface area contributed by atoms with Crippen molar-refractivity contribution >= 4 is 0 Å². The van der Waals surface area contributed by atoms with E-state index >= 15 is 0 Å². The van der Waals surface area contributed by atoms with Gasteiger partial charge in [0, 0.05) is 13.1 Å². The maximum absolute atomic E-state index is 9.11. The molecule has 0 radical (unpaired) electrons. The van der Waals surface area contributed by atoms with Gasteiger partial charge in [0.2, 0.25) is 0 Å². The van der Waals surface area contributed by atoms with E-state index in [1.54, 1.807) is 0 Å². The summed E-state index contributed by atoms with van der Waals surface area (Å²) in [5.41, 5.74) is 0. The summed E-state index contributed by atoms with van der Waals surface area (Å²) in [5.74, 6) is 0.834. The zero-order valence-corrected chi connectivity index (χ0v) is 12.2. The average molecular weight is 252 g/mol. The average Bonchev–Trinajstić information content (AvgIpc) is 2.36. The Balaban J connectivity index is 2.23. The van der Waals surface area contributed by atoms with Gasteiger partial charge in [-0.25, -0.2) is 0 Å². The second-order valence-electron chi connectivity index (χ2n) is 5.64. The Bertz CT molecular complexity index is 251. The predicted octanol–water partition coefficient (Wildman–Crippen LogP) is 1.15. The van der Waals surface area contributed by atoms with Crippen molar-refractivity contribution in [1.29, 1.82) is 5.26 Å². The maximum atomic E-state index is 9.11. The van der Waals surface area contributed by atoms with Crippen LogP contribution < -0.4 is 5.32 Å². The predicted molar refractivity (Wildman–Crippen MR) is 75.4 cm³/mol. The number of hydrogen-bond acceptors (Lipinski definition) is 4. The molecule has 0 aliphatic carbocycles. The fourth-order valence-corrected chi connectivity index (χ4v) is 2.60. The Hall–Kier alpha value is -0.630. The highest BCUT2D eigenvalue weighted by Gasteiger charge is 2.21. The van der Waals surface area contributed by atoms with Gasteiger partial charge in [-0.05, 0) is 58.9 Å². The summed E-state index contributed by atoms with van der Waals surface area (Å²) >= 11 is 0. The van der Waals surface area contributed by atoms with Gasteiger partial charge in [-0.1, -0.05) is 6.92 Å². The number of rotatable bonds is 7. The lowest BCUT2D eigenvalue weighted by Crippen LogP contribution is -2.44. The van der Waals surface area contributed by atoms with Crippen LogP contribution >= 0.6 is 0 Å². The van der Waals surface area contributed by atoms with Crippen molar-refractivity contribution in [2.45, 2.75) is 32.2 Å². The molecule has 0 aromatic carbocycles. The molecule has 1 atom stereocenters. The maximum Gasteiger partial charge on any atom is 0.108 e. The van der Waals surface area contributed by atoms with E-state index in [1.165, 1.54) is 19.4 Å². The molecule has 1 saturated heterocycles. The highest BCUT2D eigenvalue weighted by molar-refractivity contribution is 4.92. The summed E-state index contributed by atoms with van der Waals surface area (Å²) < 4.78 is 0. The molecule has 0 aromatic heterocycles. The van der Waals surface area contributed by atoms with Gasteiger partial charge in [0.1, 0.15) is 6.04 Å². The third-order valence-corrected chi connectivity index (χ3v) is 3.57. The third-order valence-electron chi connectivity index (χ3n) is 3.57. The van der Waals surface area contributed by atoms with Crippen LogP contribution in [0.15, 0.2) is 0 Å². The number of likely N-dealkylation sites (tertiary alicyclic amines) is 1. The first kappa shape index (κ1) is 15.4. The van der Waals surface area contributed by atoms with Gasteiger partial charge < -0.3 is 15.1 Å². The first-order chi connectivity index (χ1) is 8.65. The lowest BCUT2D eigenvalue weighted by atomic mass is 9.96. The second-order valence-corrected chi connectivity index (χ2v) is 5.64. The number of nitriles is 1. The number of nitrogens with zero attached hydrogens (tertiary/aromatic N) is 3. The van der Waals surface area contributed by atoms with Crippen LogP contribution in [-0.4, -0.2) is 62.7 Å². The SMILES string of the molecule is CCCNC(C#N)CN1CCC(CN(C)C)CC1. The molecule has 18 heavy (non-hydrogen) atoms. The molecule has 1 heterocycles. The minimum atomic E-state index is -0.00431. The molecule has 0 amide bonds. The van der Waals surface area contributed by atoms with E-state index in [1.807, 2.05) is 0 Å². The Labute approximate surface area is 112 Å².